The molecule has 2 aromatic heterocycles. The van der Waals surface area contributed by atoms with Gasteiger partial charge in [-0.2, -0.15) is 0 Å². The number of ether oxygens (including phenoxy) is 1. The number of hydrogen-bond acceptors (Lipinski definition) is 3. The van der Waals surface area contributed by atoms with E-state index in [4.69, 9.17) is 9.72 Å². The molecular formula is C27H27N3O. The summed E-state index contributed by atoms with van der Waals surface area (Å²) in [4.78, 5) is 12.7. The second-order valence-corrected chi connectivity index (χ2v) is 8.18. The number of benzene rings is 2. The molecule has 1 aliphatic carbocycles. The highest BCUT2D eigenvalue weighted by Gasteiger charge is 2.08. The second kappa shape index (κ2) is 8.76. The topological polar surface area (TPSA) is 50.8 Å². The molecule has 1 N–H and O–H groups in total. The van der Waals surface area contributed by atoms with Gasteiger partial charge in [0, 0.05) is 35.4 Å². The lowest BCUT2D eigenvalue weighted by molar-refractivity contribution is 0.415. The summed E-state index contributed by atoms with van der Waals surface area (Å²) in [6.07, 6.45) is 14.4. The number of aryl methyl sites for hydroxylation is 4. The van der Waals surface area contributed by atoms with Crippen LogP contribution in [0.25, 0.3) is 17.0 Å². The van der Waals surface area contributed by atoms with Crippen molar-refractivity contribution in [3.8, 4) is 5.75 Å². The van der Waals surface area contributed by atoms with E-state index in [2.05, 4.69) is 58.6 Å². The van der Waals surface area contributed by atoms with Crippen LogP contribution in [0.2, 0.25) is 0 Å². The summed E-state index contributed by atoms with van der Waals surface area (Å²) in [7, 11) is 1.71. The van der Waals surface area contributed by atoms with Crippen LogP contribution in [-0.2, 0) is 32.1 Å². The first-order valence-corrected chi connectivity index (χ1v) is 11.0. The second-order valence-electron chi connectivity index (χ2n) is 8.18. The fourth-order valence-electron chi connectivity index (χ4n) is 4.36. The average molecular weight is 410 g/mol. The Balaban J connectivity index is 1.18. The number of hydrogen-bond donors (Lipinski definition) is 1. The molecule has 31 heavy (non-hydrogen) atoms. The summed E-state index contributed by atoms with van der Waals surface area (Å²) in [6, 6.07) is 15.0. The van der Waals surface area contributed by atoms with Gasteiger partial charge in [0.2, 0.25) is 0 Å². The van der Waals surface area contributed by atoms with Crippen LogP contribution in [-0.4, -0.2) is 22.1 Å². The van der Waals surface area contributed by atoms with Gasteiger partial charge in [-0.3, -0.25) is 0 Å². The molecule has 2 aromatic carbocycles. The minimum absolute atomic E-state index is 0.874. The molecule has 4 heteroatoms. The Morgan fingerprint density at radius 2 is 1.97 bits per heavy atom. The average Bonchev–Trinajstić information content (AvgIpc) is 3.44. The first kappa shape index (κ1) is 19.6. The van der Waals surface area contributed by atoms with Gasteiger partial charge < -0.3 is 9.72 Å². The molecule has 156 valence electrons. The van der Waals surface area contributed by atoms with Crippen LogP contribution in [0.1, 0.15) is 40.2 Å². The summed E-state index contributed by atoms with van der Waals surface area (Å²) in [5.41, 5.74) is 7.75. The smallest absolute Gasteiger partial charge is 0.128 e. The maximum atomic E-state index is 5.38. The van der Waals surface area contributed by atoms with Crippen LogP contribution in [0, 0.1) is 0 Å². The SMILES string of the molecule is COc1ccc2[nH]cc(CCCc3ccnc(CCc4ccc5c(c4)C=CC5)n3)c2c1. The van der Waals surface area contributed by atoms with Gasteiger partial charge in [-0.05, 0) is 78.6 Å². The Labute approximate surface area is 183 Å². The van der Waals surface area contributed by atoms with Crippen molar-refractivity contribution in [1.82, 2.24) is 15.0 Å². The highest BCUT2D eigenvalue weighted by Crippen LogP contribution is 2.25. The zero-order chi connectivity index (χ0) is 21.0. The molecule has 0 atom stereocenters. The fraction of sp³-hybridized carbons (Fsp3) is 0.259. The Hall–Kier alpha value is -3.40. The number of nitrogens with zero attached hydrogens (tertiary/aromatic N) is 2. The zero-order valence-electron chi connectivity index (χ0n) is 17.9. The molecule has 0 bridgehead atoms. The van der Waals surface area contributed by atoms with Crippen LogP contribution < -0.4 is 4.74 Å². The predicted octanol–water partition coefficient (Wildman–Crippen LogP) is 5.50. The van der Waals surface area contributed by atoms with Crippen LogP contribution in [0.4, 0.5) is 0 Å². The van der Waals surface area contributed by atoms with E-state index in [1.165, 1.54) is 27.6 Å². The lowest BCUT2D eigenvalue weighted by Crippen LogP contribution is -2.02. The number of H-pyrrole nitrogens is 1. The molecule has 0 saturated heterocycles. The summed E-state index contributed by atoms with van der Waals surface area (Å²) >= 11 is 0. The molecule has 5 rings (SSSR count). The van der Waals surface area contributed by atoms with Gasteiger partial charge in [0.25, 0.3) is 0 Å². The molecule has 4 nitrogen and oxygen atoms in total. The maximum Gasteiger partial charge on any atom is 0.128 e. The third-order valence-electron chi connectivity index (χ3n) is 6.10. The van der Waals surface area contributed by atoms with Crippen LogP contribution >= 0.6 is 0 Å². The molecule has 0 radical (unpaired) electrons. The molecule has 0 saturated carbocycles. The molecule has 0 aliphatic heterocycles. The highest BCUT2D eigenvalue weighted by atomic mass is 16.5. The maximum absolute atomic E-state index is 5.38. The quantitative estimate of drug-likeness (QED) is 0.418. The van der Waals surface area contributed by atoms with Crippen molar-refractivity contribution in [3.05, 3.63) is 94.7 Å². The molecular weight excluding hydrogens is 382 g/mol. The number of nitrogens with one attached hydrogen (secondary N) is 1. The van der Waals surface area contributed by atoms with E-state index in [0.717, 1.165) is 61.3 Å². The van der Waals surface area contributed by atoms with E-state index in [9.17, 15) is 0 Å². The van der Waals surface area contributed by atoms with Crippen molar-refractivity contribution in [2.24, 2.45) is 0 Å². The van der Waals surface area contributed by atoms with E-state index in [1.54, 1.807) is 7.11 Å². The first-order valence-electron chi connectivity index (χ1n) is 11.0. The monoisotopic (exact) mass is 409 g/mol. The lowest BCUT2D eigenvalue weighted by Gasteiger charge is -2.06. The van der Waals surface area contributed by atoms with Crippen LogP contribution in [0.5, 0.6) is 5.75 Å². The largest absolute Gasteiger partial charge is 0.497 e. The lowest BCUT2D eigenvalue weighted by atomic mass is 10.0. The number of aromatic nitrogens is 3. The molecule has 0 amide bonds. The van der Waals surface area contributed by atoms with E-state index in [0.29, 0.717) is 0 Å². The minimum atomic E-state index is 0.874. The van der Waals surface area contributed by atoms with Gasteiger partial charge in [0.1, 0.15) is 11.6 Å². The third kappa shape index (κ3) is 4.38. The summed E-state index contributed by atoms with van der Waals surface area (Å²) in [6.45, 7) is 0. The molecule has 4 aromatic rings. The van der Waals surface area contributed by atoms with Gasteiger partial charge in [-0.1, -0.05) is 30.4 Å². The van der Waals surface area contributed by atoms with E-state index < -0.39 is 0 Å². The Kier molecular flexibility index (Phi) is 5.53. The van der Waals surface area contributed by atoms with Gasteiger partial charge in [0.05, 0.1) is 7.11 Å². The van der Waals surface area contributed by atoms with Gasteiger partial charge in [-0.15, -0.1) is 0 Å². The van der Waals surface area contributed by atoms with Crippen LogP contribution in [0.15, 0.2) is 60.9 Å². The molecule has 0 spiro atoms. The molecule has 2 heterocycles. The van der Waals surface area contributed by atoms with Crippen molar-refractivity contribution in [2.75, 3.05) is 7.11 Å². The van der Waals surface area contributed by atoms with Gasteiger partial charge in [0.15, 0.2) is 0 Å². The van der Waals surface area contributed by atoms with Crippen molar-refractivity contribution in [3.63, 3.8) is 0 Å². The standard InChI is InChI=1S/C27H27N3O/c1-31-24-11-12-26-25(17-24)22(18-29-26)6-3-7-23-14-15-28-27(30-23)13-9-19-8-10-20-4-2-5-21(20)16-19/h2,5,8,10-12,14-18,29H,3-4,6-7,9,13H2,1H3. The molecule has 0 unspecified atom stereocenters. The first-order chi connectivity index (χ1) is 15.3. The summed E-state index contributed by atoms with van der Waals surface area (Å²) in [5.74, 6) is 1.83. The van der Waals surface area contributed by atoms with E-state index in [1.807, 2.05) is 18.3 Å². The molecule has 0 fully saturated rings. The summed E-state index contributed by atoms with van der Waals surface area (Å²) < 4.78 is 5.38. The number of aromatic amines is 1. The van der Waals surface area contributed by atoms with Gasteiger partial charge >= 0.3 is 0 Å². The number of rotatable bonds is 8. The van der Waals surface area contributed by atoms with E-state index >= 15 is 0 Å². The van der Waals surface area contributed by atoms with Crippen molar-refractivity contribution in [2.45, 2.75) is 38.5 Å². The third-order valence-corrected chi connectivity index (χ3v) is 6.10. The number of methoxy groups -OCH3 is 1. The Bertz CT molecular complexity index is 1240. The minimum Gasteiger partial charge on any atom is -0.497 e. The predicted molar refractivity (Wildman–Crippen MR) is 125 cm³/mol. The van der Waals surface area contributed by atoms with E-state index in [-0.39, 0.29) is 0 Å². The Morgan fingerprint density at radius 3 is 2.90 bits per heavy atom. The van der Waals surface area contributed by atoms with Gasteiger partial charge in [-0.25, -0.2) is 9.97 Å². The molecule has 1 aliphatic rings. The van der Waals surface area contributed by atoms with Crippen molar-refractivity contribution in [1.29, 1.82) is 0 Å². The van der Waals surface area contributed by atoms with Crippen molar-refractivity contribution < 1.29 is 4.74 Å². The highest BCUT2D eigenvalue weighted by molar-refractivity contribution is 5.84. The summed E-state index contributed by atoms with van der Waals surface area (Å²) in [5, 5.41) is 1.24. The zero-order valence-corrected chi connectivity index (χ0v) is 17.9. The fourth-order valence-corrected chi connectivity index (χ4v) is 4.36. The Morgan fingerprint density at radius 1 is 1.00 bits per heavy atom. The number of fused-ring (bicyclic) bond motifs is 2. The normalized spacial score (nSPS) is 12.4. The number of allylic oxidation sites excluding steroid dienone is 1. The van der Waals surface area contributed by atoms with Crippen molar-refractivity contribution >= 4 is 17.0 Å². The van der Waals surface area contributed by atoms with Crippen LogP contribution in [0.3, 0.4) is 0 Å².